The predicted octanol–water partition coefficient (Wildman–Crippen LogP) is 18.3. The molecule has 6 nitrogen and oxygen atoms in total. The maximum Gasteiger partial charge on any atom is 0.306 e. The monoisotopic (exact) mass is 891 g/mol. The number of rotatable bonds is 50. The maximum atomic E-state index is 12.8. The fraction of sp³-hybridized carbons (Fsp3) is 0.947. The van der Waals surface area contributed by atoms with Crippen molar-refractivity contribution in [3.8, 4) is 0 Å². The number of esters is 3. The van der Waals surface area contributed by atoms with Crippen molar-refractivity contribution >= 4 is 17.9 Å². The van der Waals surface area contributed by atoms with Crippen LogP contribution in [0.1, 0.15) is 311 Å². The van der Waals surface area contributed by atoms with Crippen molar-refractivity contribution in [2.75, 3.05) is 13.2 Å². The molecular formula is C57H110O6. The minimum Gasteiger partial charge on any atom is -0.462 e. The smallest absolute Gasteiger partial charge is 0.306 e. The second kappa shape index (κ2) is 48.3. The van der Waals surface area contributed by atoms with E-state index in [0.29, 0.717) is 19.3 Å². The van der Waals surface area contributed by atoms with Crippen LogP contribution < -0.4 is 0 Å². The largest absolute Gasteiger partial charge is 0.462 e. The van der Waals surface area contributed by atoms with Crippen molar-refractivity contribution < 1.29 is 28.6 Å². The van der Waals surface area contributed by atoms with Gasteiger partial charge in [-0.25, -0.2) is 0 Å². The Morgan fingerprint density at radius 2 is 0.460 bits per heavy atom. The molecule has 0 aromatic heterocycles. The minimum atomic E-state index is -0.763. The Hall–Kier alpha value is -1.59. The van der Waals surface area contributed by atoms with E-state index in [4.69, 9.17) is 14.2 Å². The predicted molar refractivity (Wildman–Crippen MR) is 270 cm³/mol. The first-order valence-corrected chi connectivity index (χ1v) is 28.1. The summed E-state index contributed by atoms with van der Waals surface area (Å²) in [5.41, 5.74) is 0. The zero-order valence-electron chi connectivity index (χ0n) is 43.4. The van der Waals surface area contributed by atoms with Crippen LogP contribution in [-0.2, 0) is 28.6 Å². The molecular weight excluding hydrogens is 781 g/mol. The SMILES string of the molecule is CC(C)CCCCCCCCCCCCCCCCCC(=O)OC[C@@H](COC(=O)CCCCCCCCCC(C)C)OC(=O)CCCCCCCCCCCCCCCCC(C)C. The lowest BCUT2D eigenvalue weighted by Gasteiger charge is -2.18. The fourth-order valence-corrected chi connectivity index (χ4v) is 8.65. The Bertz CT molecular complexity index is 976. The molecule has 0 aromatic carbocycles. The summed E-state index contributed by atoms with van der Waals surface area (Å²) in [4.78, 5) is 38.0. The van der Waals surface area contributed by atoms with Gasteiger partial charge in [-0.1, -0.05) is 273 Å². The number of ether oxygens (including phenoxy) is 3. The fourth-order valence-electron chi connectivity index (χ4n) is 8.65. The Balaban J connectivity index is 4.25. The van der Waals surface area contributed by atoms with Crippen LogP contribution in [-0.4, -0.2) is 37.2 Å². The van der Waals surface area contributed by atoms with E-state index in [0.717, 1.165) is 75.5 Å². The second-order valence-corrected chi connectivity index (χ2v) is 21.0. The summed E-state index contributed by atoms with van der Waals surface area (Å²) < 4.78 is 16.8. The van der Waals surface area contributed by atoms with Crippen molar-refractivity contribution in [1.29, 1.82) is 0 Å². The number of hydrogen-bond acceptors (Lipinski definition) is 6. The molecule has 0 heterocycles. The van der Waals surface area contributed by atoms with Crippen LogP contribution in [0.4, 0.5) is 0 Å². The van der Waals surface area contributed by atoms with Crippen LogP contribution in [0.2, 0.25) is 0 Å². The van der Waals surface area contributed by atoms with Gasteiger partial charge in [0, 0.05) is 19.3 Å². The molecule has 0 N–H and O–H groups in total. The molecule has 0 fully saturated rings. The van der Waals surface area contributed by atoms with Crippen molar-refractivity contribution in [3.63, 3.8) is 0 Å². The summed E-state index contributed by atoms with van der Waals surface area (Å²) in [6, 6.07) is 0. The highest BCUT2D eigenvalue weighted by Gasteiger charge is 2.19. The van der Waals surface area contributed by atoms with Crippen LogP contribution >= 0.6 is 0 Å². The Morgan fingerprint density at radius 3 is 0.683 bits per heavy atom. The molecule has 0 saturated carbocycles. The lowest BCUT2D eigenvalue weighted by Crippen LogP contribution is -2.30. The molecule has 0 unspecified atom stereocenters. The number of unbranched alkanes of at least 4 members (excludes halogenated alkanes) is 33. The van der Waals surface area contributed by atoms with Gasteiger partial charge in [0.25, 0.3) is 0 Å². The first-order valence-electron chi connectivity index (χ1n) is 28.1. The third kappa shape index (κ3) is 51.3. The summed E-state index contributed by atoms with van der Waals surface area (Å²) in [5.74, 6) is 1.63. The topological polar surface area (TPSA) is 78.9 Å². The van der Waals surface area contributed by atoms with Gasteiger partial charge in [0.05, 0.1) is 0 Å². The van der Waals surface area contributed by atoms with Gasteiger partial charge in [0.1, 0.15) is 13.2 Å². The summed E-state index contributed by atoms with van der Waals surface area (Å²) in [5, 5.41) is 0. The van der Waals surface area contributed by atoms with Gasteiger partial charge in [-0.3, -0.25) is 14.4 Å². The molecule has 0 bridgehead atoms. The van der Waals surface area contributed by atoms with Crippen molar-refractivity contribution in [1.82, 2.24) is 0 Å². The Kier molecular flexibility index (Phi) is 47.1. The molecule has 0 aliphatic rings. The van der Waals surface area contributed by atoms with E-state index >= 15 is 0 Å². The van der Waals surface area contributed by atoms with Crippen LogP contribution in [0.25, 0.3) is 0 Å². The van der Waals surface area contributed by atoms with Gasteiger partial charge in [-0.05, 0) is 37.0 Å². The highest BCUT2D eigenvalue weighted by atomic mass is 16.6. The van der Waals surface area contributed by atoms with Crippen LogP contribution in [0.3, 0.4) is 0 Å². The molecule has 0 radical (unpaired) electrons. The van der Waals surface area contributed by atoms with Crippen LogP contribution in [0.15, 0.2) is 0 Å². The lowest BCUT2D eigenvalue weighted by molar-refractivity contribution is -0.167. The zero-order chi connectivity index (χ0) is 46.3. The van der Waals surface area contributed by atoms with Crippen molar-refractivity contribution in [3.05, 3.63) is 0 Å². The molecule has 0 aliphatic heterocycles. The third-order valence-electron chi connectivity index (χ3n) is 12.9. The average molecular weight is 892 g/mol. The molecule has 374 valence electrons. The van der Waals surface area contributed by atoms with Gasteiger partial charge in [-0.2, -0.15) is 0 Å². The highest BCUT2D eigenvalue weighted by Crippen LogP contribution is 2.18. The van der Waals surface area contributed by atoms with Crippen molar-refractivity contribution in [2.45, 2.75) is 317 Å². The van der Waals surface area contributed by atoms with Crippen LogP contribution in [0.5, 0.6) is 0 Å². The van der Waals surface area contributed by atoms with Gasteiger partial charge in [0.15, 0.2) is 6.10 Å². The number of carbonyl (C=O) groups excluding carboxylic acids is 3. The normalized spacial score (nSPS) is 12.1. The molecule has 0 aliphatic carbocycles. The van der Waals surface area contributed by atoms with E-state index in [1.165, 1.54) is 193 Å². The minimum absolute atomic E-state index is 0.0642. The first kappa shape index (κ1) is 61.4. The molecule has 0 saturated heterocycles. The number of carbonyl (C=O) groups is 3. The van der Waals surface area contributed by atoms with E-state index < -0.39 is 6.10 Å². The second-order valence-electron chi connectivity index (χ2n) is 21.0. The zero-order valence-corrected chi connectivity index (χ0v) is 43.4. The van der Waals surface area contributed by atoms with Crippen molar-refractivity contribution in [2.24, 2.45) is 17.8 Å². The molecule has 0 amide bonds. The number of hydrogen-bond donors (Lipinski definition) is 0. The molecule has 0 aromatic rings. The highest BCUT2D eigenvalue weighted by molar-refractivity contribution is 5.71. The van der Waals surface area contributed by atoms with E-state index in [1.807, 2.05) is 0 Å². The summed E-state index contributed by atoms with van der Waals surface area (Å²) in [6.07, 6.45) is 49.6. The standard InChI is InChI=1S/C57H110O6/c1-51(2)43-37-31-25-20-16-12-8-7-9-14-18-22-28-34-40-46-55(58)61-49-54(50-62-56(59)47-41-35-30-24-27-33-39-45-53(5)6)63-57(60)48-42-36-29-23-19-15-11-10-13-17-21-26-32-38-44-52(3)4/h51-54H,7-50H2,1-6H3/t54-/m0/s1. The maximum absolute atomic E-state index is 12.8. The van der Waals surface area contributed by atoms with E-state index in [-0.39, 0.29) is 31.1 Å². The summed E-state index contributed by atoms with van der Waals surface area (Å²) in [7, 11) is 0. The van der Waals surface area contributed by atoms with E-state index in [1.54, 1.807) is 0 Å². The van der Waals surface area contributed by atoms with Gasteiger partial charge < -0.3 is 14.2 Å². The van der Waals surface area contributed by atoms with Gasteiger partial charge in [-0.15, -0.1) is 0 Å². The summed E-state index contributed by atoms with van der Waals surface area (Å²) >= 11 is 0. The van der Waals surface area contributed by atoms with Gasteiger partial charge >= 0.3 is 17.9 Å². The quantitative estimate of drug-likeness (QED) is 0.0344. The molecule has 0 rings (SSSR count). The molecule has 0 spiro atoms. The Labute approximate surface area is 393 Å². The van der Waals surface area contributed by atoms with E-state index in [9.17, 15) is 14.4 Å². The average Bonchev–Trinajstić information content (AvgIpc) is 3.24. The third-order valence-corrected chi connectivity index (χ3v) is 12.9. The lowest BCUT2D eigenvalue weighted by atomic mass is 10.0. The first-order chi connectivity index (χ1) is 30.6. The van der Waals surface area contributed by atoms with E-state index in [2.05, 4.69) is 41.5 Å². The Morgan fingerprint density at radius 1 is 0.270 bits per heavy atom. The summed E-state index contributed by atoms with van der Waals surface area (Å²) in [6.45, 7) is 13.7. The molecule has 6 heteroatoms. The molecule has 1 atom stereocenters. The van der Waals surface area contributed by atoms with Gasteiger partial charge in [0.2, 0.25) is 0 Å². The van der Waals surface area contributed by atoms with Crippen LogP contribution in [0, 0.1) is 17.8 Å². The molecule has 63 heavy (non-hydrogen) atoms.